The van der Waals surface area contributed by atoms with Gasteiger partial charge in [-0.1, -0.05) is 29.5 Å². The van der Waals surface area contributed by atoms with E-state index in [-0.39, 0.29) is 24.0 Å². The van der Waals surface area contributed by atoms with Gasteiger partial charge in [0.15, 0.2) is 16.3 Å². The highest BCUT2D eigenvalue weighted by molar-refractivity contribution is 7.07. The predicted octanol–water partition coefficient (Wildman–Crippen LogP) is 3.30. The summed E-state index contributed by atoms with van der Waals surface area (Å²) in [4.78, 5) is 31.7. The number of fused-ring (bicyclic) bond motifs is 1. The summed E-state index contributed by atoms with van der Waals surface area (Å²) in [5, 5.41) is 10.1. The van der Waals surface area contributed by atoms with Gasteiger partial charge in [0.25, 0.3) is 5.56 Å². The van der Waals surface area contributed by atoms with E-state index in [1.54, 1.807) is 32.1 Å². The molecule has 9 heteroatoms. The molecule has 0 bridgehead atoms. The molecule has 0 saturated heterocycles. The molecular weight excluding hydrogens is 480 g/mol. The summed E-state index contributed by atoms with van der Waals surface area (Å²) in [6, 6.07) is 11.5. The van der Waals surface area contributed by atoms with Gasteiger partial charge in [0.2, 0.25) is 0 Å². The largest absolute Gasteiger partial charge is 0.504 e. The third-order valence-electron chi connectivity index (χ3n) is 5.59. The average Bonchev–Trinajstić information content (AvgIpc) is 3.13. The predicted molar refractivity (Wildman–Crippen MR) is 137 cm³/mol. The van der Waals surface area contributed by atoms with Crippen LogP contribution in [0.1, 0.15) is 44.9 Å². The number of methoxy groups -OCH3 is 1. The van der Waals surface area contributed by atoms with Crippen molar-refractivity contribution in [3.8, 4) is 17.2 Å². The van der Waals surface area contributed by atoms with Crippen LogP contribution < -0.4 is 24.4 Å². The van der Waals surface area contributed by atoms with E-state index in [2.05, 4.69) is 4.99 Å². The molecule has 0 amide bonds. The van der Waals surface area contributed by atoms with E-state index in [4.69, 9.17) is 14.2 Å². The molecule has 1 aliphatic heterocycles. The van der Waals surface area contributed by atoms with Crippen molar-refractivity contribution in [3.05, 3.63) is 84.5 Å². The number of aromatic hydroxyl groups is 1. The lowest BCUT2D eigenvalue weighted by molar-refractivity contribution is -0.139. The number of rotatable bonds is 7. The molecule has 1 aromatic heterocycles. The van der Waals surface area contributed by atoms with Gasteiger partial charge in [0, 0.05) is 0 Å². The van der Waals surface area contributed by atoms with E-state index in [1.165, 1.54) is 29.1 Å². The van der Waals surface area contributed by atoms with E-state index < -0.39 is 12.0 Å². The molecule has 4 rings (SSSR count). The van der Waals surface area contributed by atoms with E-state index in [0.717, 1.165) is 5.56 Å². The number of phenols is 1. The number of esters is 1. The standard InChI is InChI=1S/C27H28N2O6S/c1-6-34-26(32)23-16(4)28-27-29(24(23)18-8-10-19(11-9-18)35-15(2)3)25(31)22(36-27)14-17-7-12-21(33-5)20(30)13-17/h7-15,24,30H,6H2,1-5H3/t24-/m0/s1. The van der Waals surface area contributed by atoms with Gasteiger partial charge < -0.3 is 19.3 Å². The fourth-order valence-electron chi connectivity index (χ4n) is 4.06. The maximum atomic E-state index is 13.7. The molecule has 2 aromatic carbocycles. The molecule has 36 heavy (non-hydrogen) atoms. The number of allylic oxidation sites excluding steroid dienone is 1. The van der Waals surface area contributed by atoms with Crippen LogP contribution in [0.3, 0.4) is 0 Å². The number of phenolic OH excluding ortho intramolecular Hbond substituents is 1. The van der Waals surface area contributed by atoms with Crippen LogP contribution in [-0.2, 0) is 9.53 Å². The molecule has 188 valence electrons. The maximum Gasteiger partial charge on any atom is 0.338 e. The quantitative estimate of drug-likeness (QED) is 0.492. The van der Waals surface area contributed by atoms with Crippen LogP contribution in [0.25, 0.3) is 6.08 Å². The second-order valence-electron chi connectivity index (χ2n) is 8.47. The van der Waals surface area contributed by atoms with Crippen LogP contribution in [0.15, 0.2) is 63.5 Å². The number of carbonyl (C=O) groups excluding carboxylic acids is 1. The summed E-state index contributed by atoms with van der Waals surface area (Å²) in [5.74, 6) is 0.494. The Kier molecular flexibility index (Phi) is 7.30. The van der Waals surface area contributed by atoms with Gasteiger partial charge in [-0.3, -0.25) is 9.36 Å². The third-order valence-corrected chi connectivity index (χ3v) is 6.57. The lowest BCUT2D eigenvalue weighted by Crippen LogP contribution is -2.39. The number of ether oxygens (including phenoxy) is 3. The molecule has 1 N–H and O–H groups in total. The fourth-order valence-corrected chi connectivity index (χ4v) is 5.10. The molecule has 0 fully saturated rings. The van der Waals surface area contributed by atoms with Crippen LogP contribution in [0.4, 0.5) is 0 Å². The van der Waals surface area contributed by atoms with Crippen molar-refractivity contribution in [2.24, 2.45) is 4.99 Å². The zero-order valence-electron chi connectivity index (χ0n) is 20.8. The topological polar surface area (TPSA) is 99.4 Å². The van der Waals surface area contributed by atoms with E-state index >= 15 is 0 Å². The van der Waals surface area contributed by atoms with Crippen LogP contribution >= 0.6 is 11.3 Å². The first-order valence-corrected chi connectivity index (χ1v) is 12.4. The van der Waals surface area contributed by atoms with Crippen LogP contribution in [-0.4, -0.2) is 35.5 Å². The van der Waals surface area contributed by atoms with Gasteiger partial charge in [-0.2, -0.15) is 0 Å². The van der Waals surface area contributed by atoms with Crippen molar-refractivity contribution in [1.29, 1.82) is 0 Å². The number of thiazole rings is 1. The Hall–Kier alpha value is -3.85. The molecule has 1 aliphatic rings. The van der Waals surface area contributed by atoms with Gasteiger partial charge in [-0.05, 0) is 69.2 Å². The number of nitrogens with zero attached hydrogens (tertiary/aromatic N) is 2. The number of hydrogen-bond acceptors (Lipinski definition) is 8. The summed E-state index contributed by atoms with van der Waals surface area (Å²) < 4.78 is 18.1. The normalized spacial score (nSPS) is 15.5. The van der Waals surface area contributed by atoms with Crippen LogP contribution in [0, 0.1) is 0 Å². The summed E-state index contributed by atoms with van der Waals surface area (Å²) in [5.41, 5.74) is 1.88. The number of aromatic nitrogens is 1. The molecule has 3 aromatic rings. The van der Waals surface area contributed by atoms with Crippen LogP contribution in [0.2, 0.25) is 0 Å². The van der Waals surface area contributed by atoms with Crippen molar-refractivity contribution in [1.82, 2.24) is 4.57 Å². The Balaban J connectivity index is 1.88. The van der Waals surface area contributed by atoms with Crippen molar-refractivity contribution in [2.45, 2.75) is 39.8 Å². The van der Waals surface area contributed by atoms with Crippen molar-refractivity contribution >= 4 is 23.4 Å². The fraction of sp³-hybridized carbons (Fsp3) is 0.296. The highest BCUT2D eigenvalue weighted by Crippen LogP contribution is 2.32. The lowest BCUT2D eigenvalue weighted by atomic mass is 9.96. The minimum atomic E-state index is -0.708. The number of carbonyl (C=O) groups is 1. The van der Waals surface area contributed by atoms with Gasteiger partial charge in [0.05, 0.1) is 41.7 Å². The van der Waals surface area contributed by atoms with Crippen molar-refractivity contribution in [2.75, 3.05) is 13.7 Å². The lowest BCUT2D eigenvalue weighted by Gasteiger charge is -2.25. The van der Waals surface area contributed by atoms with Crippen molar-refractivity contribution < 1.29 is 24.1 Å². The Morgan fingerprint density at radius 2 is 1.94 bits per heavy atom. The molecule has 8 nitrogen and oxygen atoms in total. The van der Waals surface area contributed by atoms with Gasteiger partial charge in [0.1, 0.15) is 5.75 Å². The van der Waals surface area contributed by atoms with Crippen molar-refractivity contribution in [3.63, 3.8) is 0 Å². The van der Waals surface area contributed by atoms with E-state index in [1.807, 2.05) is 38.1 Å². The first-order valence-electron chi connectivity index (χ1n) is 11.6. The first kappa shape index (κ1) is 25.2. The summed E-state index contributed by atoms with van der Waals surface area (Å²) >= 11 is 1.22. The second-order valence-corrected chi connectivity index (χ2v) is 9.48. The van der Waals surface area contributed by atoms with E-state index in [9.17, 15) is 14.7 Å². The highest BCUT2D eigenvalue weighted by Gasteiger charge is 2.33. The molecule has 0 aliphatic carbocycles. The Morgan fingerprint density at radius 3 is 2.56 bits per heavy atom. The minimum absolute atomic E-state index is 0.0168. The SMILES string of the molecule is CCOC(=O)C1=C(C)N=c2sc(=Cc3ccc(OC)c(O)c3)c(=O)n2[C@H]1c1ccc(OC(C)C)cc1. The molecule has 0 unspecified atom stereocenters. The Labute approximate surface area is 212 Å². The molecule has 2 heterocycles. The zero-order valence-corrected chi connectivity index (χ0v) is 21.6. The third kappa shape index (κ3) is 4.92. The second kappa shape index (κ2) is 10.4. The number of benzene rings is 2. The summed E-state index contributed by atoms with van der Waals surface area (Å²) in [6.45, 7) is 7.57. The average molecular weight is 509 g/mol. The Bertz CT molecular complexity index is 1500. The van der Waals surface area contributed by atoms with E-state index in [0.29, 0.717) is 37.7 Å². The van der Waals surface area contributed by atoms with Gasteiger partial charge in [-0.15, -0.1) is 0 Å². The molecular formula is C27H28N2O6S. The van der Waals surface area contributed by atoms with Crippen LogP contribution in [0.5, 0.6) is 17.2 Å². The van der Waals surface area contributed by atoms with Gasteiger partial charge >= 0.3 is 5.97 Å². The number of hydrogen-bond donors (Lipinski definition) is 1. The monoisotopic (exact) mass is 508 g/mol. The van der Waals surface area contributed by atoms with Gasteiger partial charge in [-0.25, -0.2) is 9.79 Å². The molecule has 0 saturated carbocycles. The molecule has 0 radical (unpaired) electrons. The molecule has 1 atom stereocenters. The first-order chi connectivity index (χ1) is 17.2. The summed E-state index contributed by atoms with van der Waals surface area (Å²) in [6.07, 6.45) is 1.70. The molecule has 0 spiro atoms. The highest BCUT2D eigenvalue weighted by atomic mass is 32.1. The Morgan fingerprint density at radius 1 is 1.22 bits per heavy atom. The zero-order chi connectivity index (χ0) is 26.0. The maximum absolute atomic E-state index is 13.7. The summed E-state index contributed by atoms with van der Waals surface area (Å²) in [7, 11) is 1.47. The minimum Gasteiger partial charge on any atom is -0.504 e. The smallest absolute Gasteiger partial charge is 0.338 e.